The fraction of sp³-hybridized carbons (Fsp3) is 0.143. The van der Waals surface area contributed by atoms with E-state index in [1.54, 1.807) is 0 Å². The van der Waals surface area contributed by atoms with Gasteiger partial charge in [-0.3, -0.25) is 0 Å². The van der Waals surface area contributed by atoms with Crippen molar-refractivity contribution in [1.29, 1.82) is 0 Å². The van der Waals surface area contributed by atoms with E-state index in [1.165, 1.54) is 0 Å². The lowest BCUT2D eigenvalue weighted by molar-refractivity contribution is -0.139. The maximum Gasteiger partial charge on any atom is 0.658 e. The molecule has 25 heavy (non-hydrogen) atoms. The molecule has 0 aromatic heterocycles. The minimum absolute atomic E-state index is 0.155. The third kappa shape index (κ3) is 4.77. The molecule has 2 aromatic rings. The van der Waals surface area contributed by atoms with E-state index in [4.69, 9.17) is 0 Å². The zero-order chi connectivity index (χ0) is 18.8. The molecule has 2 aromatic carbocycles. The SMILES string of the molecule is Fc1ccc(O[B]Oc2ccc(F)cc2C(F)(F)F)c(C(F)(F)F)c1. The van der Waals surface area contributed by atoms with E-state index in [0.717, 1.165) is 0 Å². The summed E-state index contributed by atoms with van der Waals surface area (Å²) in [6, 6.07) is 2.90. The second-order valence-electron chi connectivity index (χ2n) is 4.61. The maximum absolute atomic E-state index is 12.9. The Balaban J connectivity index is 2.18. The molecule has 0 bridgehead atoms. The Bertz CT molecular complexity index is 694. The molecule has 0 N–H and O–H groups in total. The Kier molecular flexibility index (Phi) is 5.14. The molecule has 0 aliphatic heterocycles. The molecule has 0 aliphatic rings. The highest BCUT2D eigenvalue weighted by Crippen LogP contribution is 2.38. The topological polar surface area (TPSA) is 18.5 Å². The Labute approximate surface area is 136 Å². The smallest absolute Gasteiger partial charge is 0.526 e. The fourth-order valence-electron chi connectivity index (χ4n) is 1.78. The van der Waals surface area contributed by atoms with Gasteiger partial charge in [0, 0.05) is 0 Å². The molecule has 0 fully saturated rings. The summed E-state index contributed by atoms with van der Waals surface area (Å²) >= 11 is 0. The zero-order valence-corrected chi connectivity index (χ0v) is 11.9. The Morgan fingerprint density at radius 3 is 1.32 bits per heavy atom. The second-order valence-corrected chi connectivity index (χ2v) is 4.61. The van der Waals surface area contributed by atoms with E-state index in [0.29, 0.717) is 24.3 Å². The molecule has 0 unspecified atom stereocenters. The van der Waals surface area contributed by atoms with Gasteiger partial charge in [0.1, 0.15) is 23.1 Å². The predicted molar refractivity (Wildman–Crippen MR) is 69.8 cm³/mol. The zero-order valence-electron chi connectivity index (χ0n) is 11.9. The minimum Gasteiger partial charge on any atom is -0.526 e. The van der Waals surface area contributed by atoms with Gasteiger partial charge in [-0.25, -0.2) is 8.78 Å². The van der Waals surface area contributed by atoms with Gasteiger partial charge in [0.2, 0.25) is 0 Å². The van der Waals surface area contributed by atoms with Gasteiger partial charge in [0.15, 0.2) is 0 Å². The number of alkyl halides is 6. The van der Waals surface area contributed by atoms with Crippen molar-refractivity contribution in [1.82, 2.24) is 0 Å². The van der Waals surface area contributed by atoms with Crippen molar-refractivity contribution in [2.75, 3.05) is 0 Å². The van der Waals surface area contributed by atoms with Crippen LogP contribution in [0.15, 0.2) is 36.4 Å². The predicted octanol–water partition coefficient (Wildman–Crippen LogP) is 4.99. The van der Waals surface area contributed by atoms with Crippen molar-refractivity contribution >= 4 is 7.69 Å². The fourth-order valence-corrected chi connectivity index (χ4v) is 1.78. The van der Waals surface area contributed by atoms with Crippen molar-refractivity contribution in [3.05, 3.63) is 59.2 Å². The first-order chi connectivity index (χ1) is 11.5. The highest BCUT2D eigenvalue weighted by atomic mass is 19.4. The van der Waals surface area contributed by atoms with Crippen LogP contribution in [0, 0.1) is 11.6 Å². The lowest BCUT2D eigenvalue weighted by Crippen LogP contribution is -2.17. The minimum atomic E-state index is -4.96. The summed E-state index contributed by atoms with van der Waals surface area (Å²) < 4.78 is 111. The van der Waals surface area contributed by atoms with E-state index in [-0.39, 0.29) is 19.8 Å². The molecule has 2 nitrogen and oxygen atoms in total. The van der Waals surface area contributed by atoms with Crippen LogP contribution < -0.4 is 9.31 Å². The van der Waals surface area contributed by atoms with Gasteiger partial charge in [0.25, 0.3) is 0 Å². The van der Waals surface area contributed by atoms with Gasteiger partial charge >= 0.3 is 20.0 Å². The van der Waals surface area contributed by atoms with Crippen LogP contribution in [0.1, 0.15) is 11.1 Å². The van der Waals surface area contributed by atoms with Crippen LogP contribution in [0.4, 0.5) is 35.1 Å². The largest absolute Gasteiger partial charge is 0.658 e. The van der Waals surface area contributed by atoms with Crippen LogP contribution in [0.2, 0.25) is 0 Å². The molecule has 0 spiro atoms. The quantitative estimate of drug-likeness (QED) is 0.558. The molecule has 11 heteroatoms. The van der Waals surface area contributed by atoms with Crippen LogP contribution in [-0.2, 0) is 12.4 Å². The summed E-state index contributed by atoms with van der Waals surface area (Å²) in [6.45, 7) is 0. The monoisotopic (exact) mass is 369 g/mol. The first kappa shape index (κ1) is 18.9. The van der Waals surface area contributed by atoms with Crippen molar-refractivity contribution < 1.29 is 44.4 Å². The molecule has 1 radical (unpaired) electrons. The normalized spacial score (nSPS) is 12.0. The third-order valence-corrected chi connectivity index (χ3v) is 2.84. The second kappa shape index (κ2) is 6.81. The molecular formula is C14H6BF8O2. The Morgan fingerprint density at radius 2 is 1.00 bits per heavy atom. The summed E-state index contributed by atoms with van der Waals surface area (Å²) in [7, 11) is 0.199. The van der Waals surface area contributed by atoms with Crippen LogP contribution in [0.5, 0.6) is 11.5 Å². The van der Waals surface area contributed by atoms with E-state index in [9.17, 15) is 35.1 Å². The molecule has 0 atom stereocenters. The summed E-state index contributed by atoms with van der Waals surface area (Å²) in [5.74, 6) is -4.13. The molecule has 133 valence electrons. The molecule has 0 heterocycles. The van der Waals surface area contributed by atoms with Gasteiger partial charge in [0.05, 0.1) is 11.1 Å². The number of rotatable bonds is 4. The first-order valence-electron chi connectivity index (χ1n) is 6.37. The van der Waals surface area contributed by atoms with Crippen molar-refractivity contribution in [2.24, 2.45) is 0 Å². The van der Waals surface area contributed by atoms with Crippen LogP contribution in [0.25, 0.3) is 0 Å². The molecule has 2 rings (SSSR count). The number of hydrogen-bond donors (Lipinski definition) is 0. The number of benzene rings is 2. The molecule has 0 saturated heterocycles. The van der Waals surface area contributed by atoms with E-state index in [2.05, 4.69) is 9.31 Å². The van der Waals surface area contributed by atoms with Gasteiger partial charge in [-0.1, -0.05) is 0 Å². The first-order valence-corrected chi connectivity index (χ1v) is 6.37. The number of hydrogen-bond acceptors (Lipinski definition) is 2. The highest BCUT2D eigenvalue weighted by molar-refractivity contribution is 6.20. The van der Waals surface area contributed by atoms with Gasteiger partial charge < -0.3 is 9.31 Å². The Hall–Kier alpha value is -2.46. The average Bonchev–Trinajstić information content (AvgIpc) is 2.48. The van der Waals surface area contributed by atoms with Gasteiger partial charge in [-0.2, -0.15) is 26.3 Å². The lowest BCUT2D eigenvalue weighted by Gasteiger charge is -2.15. The molecule has 0 aliphatic carbocycles. The third-order valence-electron chi connectivity index (χ3n) is 2.84. The summed E-state index contributed by atoms with van der Waals surface area (Å²) in [5, 5.41) is 0. The van der Waals surface area contributed by atoms with Crippen molar-refractivity contribution in [3.63, 3.8) is 0 Å². The molecule has 0 saturated carbocycles. The van der Waals surface area contributed by atoms with E-state index < -0.39 is 46.6 Å². The highest BCUT2D eigenvalue weighted by Gasteiger charge is 2.36. The Morgan fingerprint density at radius 1 is 0.640 bits per heavy atom. The number of halogens is 8. The molecule has 0 amide bonds. The van der Waals surface area contributed by atoms with Gasteiger partial charge in [-0.05, 0) is 36.4 Å². The van der Waals surface area contributed by atoms with E-state index in [1.807, 2.05) is 0 Å². The van der Waals surface area contributed by atoms with Crippen molar-refractivity contribution in [3.8, 4) is 11.5 Å². The average molecular weight is 369 g/mol. The summed E-state index contributed by atoms with van der Waals surface area (Å²) in [4.78, 5) is 0. The maximum atomic E-state index is 12.9. The van der Waals surface area contributed by atoms with Gasteiger partial charge in [-0.15, -0.1) is 0 Å². The summed E-state index contributed by atoms with van der Waals surface area (Å²) in [5.41, 5.74) is -2.97. The lowest BCUT2D eigenvalue weighted by atomic mass is 10.1. The van der Waals surface area contributed by atoms with E-state index >= 15 is 0 Å². The molecular weight excluding hydrogens is 363 g/mol. The van der Waals surface area contributed by atoms with Crippen LogP contribution in [-0.4, -0.2) is 7.69 Å². The standard InChI is InChI=1S/C14H6BF8O2/c16-7-1-3-11(9(5-7)13(18,19)20)24-15-25-12-4-2-8(17)6-10(12)14(21,22)23/h1-6H. The summed E-state index contributed by atoms with van der Waals surface area (Å²) in [6.07, 6.45) is -9.92. The van der Waals surface area contributed by atoms with Crippen LogP contribution in [0.3, 0.4) is 0 Å². The van der Waals surface area contributed by atoms with Crippen LogP contribution >= 0.6 is 0 Å². The van der Waals surface area contributed by atoms with Crippen molar-refractivity contribution in [2.45, 2.75) is 12.4 Å².